The fourth-order valence-corrected chi connectivity index (χ4v) is 0.809. The average Bonchev–Trinajstić information content (AvgIpc) is 2.34. The lowest BCUT2D eigenvalue weighted by Crippen LogP contribution is -2.06. The summed E-state index contributed by atoms with van der Waals surface area (Å²) >= 11 is 0. The van der Waals surface area contributed by atoms with Crippen LogP contribution >= 0.6 is 0 Å². The first-order chi connectivity index (χ1) is 5.66. The molecule has 12 heavy (non-hydrogen) atoms. The molecule has 1 aromatic heterocycles. The van der Waals surface area contributed by atoms with Gasteiger partial charge in [0.2, 0.25) is 0 Å². The van der Waals surface area contributed by atoms with Gasteiger partial charge in [0, 0.05) is 0 Å². The molecule has 1 heterocycles. The van der Waals surface area contributed by atoms with Crippen LogP contribution < -0.4 is 0 Å². The van der Waals surface area contributed by atoms with Crippen molar-refractivity contribution in [3.05, 3.63) is 17.5 Å². The van der Waals surface area contributed by atoms with Crippen LogP contribution in [0.25, 0.3) is 0 Å². The third-order valence-electron chi connectivity index (χ3n) is 1.48. The van der Waals surface area contributed by atoms with Gasteiger partial charge in [-0.15, -0.1) is 9.94 Å². The van der Waals surface area contributed by atoms with Gasteiger partial charge in [0.1, 0.15) is 5.56 Å². The van der Waals surface area contributed by atoms with E-state index in [1.165, 1.54) is 6.20 Å². The van der Waals surface area contributed by atoms with Gasteiger partial charge in [-0.3, -0.25) is 0 Å². The number of hydrogen-bond acceptors (Lipinski definition) is 4. The highest BCUT2D eigenvalue weighted by Crippen LogP contribution is 2.06. The predicted octanol–water partition coefficient (Wildman–Crippen LogP) is 0.606. The maximum atomic E-state index is 11.1. The number of hydrogen-bond donors (Lipinski definition) is 1. The zero-order chi connectivity index (χ0) is 9.14. The molecule has 5 heteroatoms. The molecule has 66 valence electrons. The number of carbonyl (C=O) groups excluding carboxylic acids is 1. The summed E-state index contributed by atoms with van der Waals surface area (Å²) < 4.78 is 4.72. The molecule has 0 aliphatic rings. The van der Waals surface area contributed by atoms with Crippen molar-refractivity contribution in [2.24, 2.45) is 0 Å². The monoisotopic (exact) mass is 170 g/mol. The van der Waals surface area contributed by atoms with E-state index in [9.17, 15) is 4.79 Å². The van der Waals surface area contributed by atoms with E-state index < -0.39 is 5.97 Å². The zero-order valence-electron chi connectivity index (χ0n) is 6.94. The molecule has 0 aliphatic heterocycles. The van der Waals surface area contributed by atoms with Crippen molar-refractivity contribution >= 4 is 5.97 Å². The molecule has 0 atom stereocenters. The highest BCUT2D eigenvalue weighted by Gasteiger charge is 2.14. The molecule has 5 nitrogen and oxygen atoms in total. The van der Waals surface area contributed by atoms with Crippen LogP contribution in [0.15, 0.2) is 6.20 Å². The molecule has 0 aromatic carbocycles. The van der Waals surface area contributed by atoms with Crippen molar-refractivity contribution in [3.63, 3.8) is 0 Å². The maximum absolute atomic E-state index is 11.1. The molecular weight excluding hydrogens is 160 g/mol. The minimum atomic E-state index is -0.463. The first-order valence-electron chi connectivity index (χ1n) is 3.57. The molecule has 1 aromatic rings. The third-order valence-corrected chi connectivity index (χ3v) is 1.48. The van der Waals surface area contributed by atoms with Crippen LogP contribution in [0, 0.1) is 6.92 Å². The van der Waals surface area contributed by atoms with Crippen LogP contribution in [-0.4, -0.2) is 27.7 Å². The lowest BCUT2D eigenvalue weighted by Gasteiger charge is -1.98. The standard InChI is InChI=1S/C7H10N2O3/c1-3-12-7(10)6-4-8-9(11)5(6)2/h4,11H,3H2,1-2H3. The molecule has 0 saturated carbocycles. The lowest BCUT2D eigenvalue weighted by molar-refractivity contribution is 0.0522. The SMILES string of the molecule is CCOC(=O)c1cnn(O)c1C. The number of aromatic nitrogens is 2. The molecule has 1 rings (SSSR count). The lowest BCUT2D eigenvalue weighted by atomic mass is 10.3. The summed E-state index contributed by atoms with van der Waals surface area (Å²) in [6.07, 6.45) is 1.27. The van der Waals surface area contributed by atoms with E-state index in [1.807, 2.05) is 0 Å². The van der Waals surface area contributed by atoms with E-state index >= 15 is 0 Å². The zero-order valence-corrected chi connectivity index (χ0v) is 6.94. The second-order valence-corrected chi connectivity index (χ2v) is 2.25. The molecule has 0 aliphatic carbocycles. The van der Waals surface area contributed by atoms with Gasteiger partial charge in [-0.05, 0) is 13.8 Å². The largest absolute Gasteiger partial charge is 0.462 e. The van der Waals surface area contributed by atoms with E-state index in [1.54, 1.807) is 13.8 Å². The number of ether oxygens (including phenoxy) is 1. The van der Waals surface area contributed by atoms with Crippen molar-refractivity contribution in [2.75, 3.05) is 6.61 Å². The van der Waals surface area contributed by atoms with Crippen molar-refractivity contribution in [1.82, 2.24) is 9.94 Å². The number of rotatable bonds is 2. The Hall–Kier alpha value is -1.52. The molecular formula is C7H10N2O3. The highest BCUT2D eigenvalue weighted by atomic mass is 16.5. The van der Waals surface area contributed by atoms with E-state index in [4.69, 9.17) is 9.94 Å². The quantitative estimate of drug-likeness (QED) is 0.521. The molecule has 1 N–H and O–H groups in total. The van der Waals surface area contributed by atoms with Gasteiger partial charge >= 0.3 is 5.97 Å². The number of esters is 1. The molecule has 0 saturated heterocycles. The summed E-state index contributed by atoms with van der Waals surface area (Å²) in [7, 11) is 0. The Morgan fingerprint density at radius 1 is 1.83 bits per heavy atom. The van der Waals surface area contributed by atoms with E-state index in [-0.39, 0.29) is 0 Å². The van der Waals surface area contributed by atoms with Crippen LogP contribution in [0.3, 0.4) is 0 Å². The third kappa shape index (κ3) is 1.39. The van der Waals surface area contributed by atoms with E-state index in [0.717, 1.165) is 0 Å². The average molecular weight is 170 g/mol. The summed E-state index contributed by atoms with van der Waals surface area (Å²) in [5.74, 6) is -0.463. The first-order valence-corrected chi connectivity index (χ1v) is 3.57. The van der Waals surface area contributed by atoms with Crippen LogP contribution in [0.1, 0.15) is 23.0 Å². The fraction of sp³-hybridized carbons (Fsp3) is 0.429. The Morgan fingerprint density at radius 3 is 2.92 bits per heavy atom. The molecule has 0 spiro atoms. The first kappa shape index (κ1) is 8.58. The Kier molecular flexibility index (Phi) is 2.32. The number of carbonyl (C=O) groups is 1. The summed E-state index contributed by atoms with van der Waals surface area (Å²) in [5, 5.41) is 12.4. The Balaban J connectivity index is 2.88. The van der Waals surface area contributed by atoms with Crippen LogP contribution in [0.5, 0.6) is 0 Å². The fourth-order valence-electron chi connectivity index (χ4n) is 0.809. The van der Waals surface area contributed by atoms with E-state index in [2.05, 4.69) is 5.10 Å². The van der Waals surface area contributed by atoms with Crippen molar-refractivity contribution < 1.29 is 14.7 Å². The maximum Gasteiger partial charge on any atom is 0.341 e. The van der Waals surface area contributed by atoms with Crippen molar-refractivity contribution in [2.45, 2.75) is 13.8 Å². The van der Waals surface area contributed by atoms with Gasteiger partial charge < -0.3 is 9.94 Å². The topological polar surface area (TPSA) is 64.3 Å². The molecule has 0 bridgehead atoms. The summed E-state index contributed by atoms with van der Waals surface area (Å²) in [4.78, 5) is 11.7. The molecule has 0 radical (unpaired) electrons. The van der Waals surface area contributed by atoms with Crippen molar-refractivity contribution in [3.8, 4) is 0 Å². The van der Waals surface area contributed by atoms with Crippen LogP contribution in [-0.2, 0) is 4.74 Å². The van der Waals surface area contributed by atoms with Crippen LogP contribution in [0.4, 0.5) is 0 Å². The van der Waals surface area contributed by atoms with Crippen molar-refractivity contribution in [1.29, 1.82) is 0 Å². The van der Waals surface area contributed by atoms with Gasteiger partial charge in [0.05, 0.1) is 18.5 Å². The summed E-state index contributed by atoms with van der Waals surface area (Å²) in [5.41, 5.74) is 0.674. The molecule has 0 unspecified atom stereocenters. The minimum Gasteiger partial charge on any atom is -0.462 e. The van der Waals surface area contributed by atoms with Gasteiger partial charge in [-0.25, -0.2) is 4.79 Å². The van der Waals surface area contributed by atoms with Gasteiger partial charge in [0.15, 0.2) is 0 Å². The van der Waals surface area contributed by atoms with E-state index in [0.29, 0.717) is 22.7 Å². The Bertz CT molecular complexity index is 293. The normalized spacial score (nSPS) is 9.83. The Labute approximate surface area is 69.5 Å². The molecule has 0 fully saturated rings. The smallest absolute Gasteiger partial charge is 0.341 e. The van der Waals surface area contributed by atoms with Gasteiger partial charge in [-0.2, -0.15) is 0 Å². The second kappa shape index (κ2) is 3.25. The molecule has 0 amide bonds. The van der Waals surface area contributed by atoms with Gasteiger partial charge in [-0.1, -0.05) is 0 Å². The second-order valence-electron chi connectivity index (χ2n) is 2.25. The predicted molar refractivity (Wildman–Crippen MR) is 40.1 cm³/mol. The summed E-state index contributed by atoms with van der Waals surface area (Å²) in [6, 6.07) is 0. The highest BCUT2D eigenvalue weighted by molar-refractivity contribution is 5.90. The number of nitrogens with zero attached hydrogens (tertiary/aromatic N) is 2. The Morgan fingerprint density at radius 2 is 2.50 bits per heavy atom. The minimum absolute atomic E-state index is 0.291. The van der Waals surface area contributed by atoms with Crippen LogP contribution in [0.2, 0.25) is 0 Å². The van der Waals surface area contributed by atoms with Gasteiger partial charge in [0.25, 0.3) is 0 Å². The summed E-state index contributed by atoms with van der Waals surface area (Å²) in [6.45, 7) is 3.62.